The maximum absolute atomic E-state index is 13.5. The van der Waals surface area contributed by atoms with Gasteiger partial charge in [0.25, 0.3) is 5.91 Å². The second kappa shape index (κ2) is 7.10. The average molecular weight is 443 g/mol. The fraction of sp³-hybridized carbons (Fsp3) is 0.130. The van der Waals surface area contributed by atoms with Gasteiger partial charge in [-0.3, -0.25) is 9.78 Å². The van der Waals surface area contributed by atoms with Crippen molar-refractivity contribution in [1.82, 2.24) is 14.9 Å². The Hall–Kier alpha value is -3.85. The topological polar surface area (TPSA) is 96.9 Å². The molecule has 32 heavy (non-hydrogen) atoms. The van der Waals surface area contributed by atoms with Gasteiger partial charge in [-0.25, -0.2) is 9.79 Å². The van der Waals surface area contributed by atoms with E-state index in [2.05, 4.69) is 20.1 Å². The molecule has 2 unspecified atom stereocenters. The van der Waals surface area contributed by atoms with E-state index in [1.54, 1.807) is 0 Å². The number of amides is 1. The Morgan fingerprint density at radius 2 is 1.69 bits per heavy atom. The fourth-order valence-corrected chi connectivity index (χ4v) is 5.34. The first-order valence-electron chi connectivity index (χ1n) is 10.2. The Kier molecular flexibility index (Phi) is 4.19. The van der Waals surface area contributed by atoms with Crippen LogP contribution in [0.1, 0.15) is 24.2 Å². The third kappa shape index (κ3) is 2.78. The number of carbonyl (C=O) groups excluding carboxylic acids is 1. The first-order valence-corrected chi connectivity index (χ1v) is 11.1. The van der Waals surface area contributed by atoms with Crippen LogP contribution >= 0.6 is 11.8 Å². The van der Waals surface area contributed by atoms with Crippen LogP contribution < -0.4 is 10.7 Å². The molecule has 8 nitrogen and oxygen atoms in total. The number of imidazole rings is 1. The number of hydrogen-bond donors (Lipinski definition) is 2. The molecular weight excluding hydrogens is 424 g/mol. The lowest BCUT2D eigenvalue weighted by Crippen LogP contribution is -2.39. The number of aromatic nitrogens is 2. The van der Waals surface area contributed by atoms with Crippen LogP contribution in [0.2, 0.25) is 0 Å². The van der Waals surface area contributed by atoms with Crippen molar-refractivity contribution in [2.24, 2.45) is 16.0 Å². The molecule has 9 heteroatoms. The maximum Gasteiger partial charge on any atom is 0.324 e. The van der Waals surface area contributed by atoms with Gasteiger partial charge in [0, 0.05) is 5.70 Å². The second-order valence-corrected chi connectivity index (χ2v) is 8.58. The molecule has 3 aliphatic heterocycles. The molecule has 0 fully saturated rings. The predicted molar refractivity (Wildman–Crippen MR) is 125 cm³/mol. The first kappa shape index (κ1) is 18.9. The molecule has 0 radical (unpaired) electrons. The van der Waals surface area contributed by atoms with Gasteiger partial charge in [0.2, 0.25) is 0 Å². The molecule has 3 aromatic rings. The Morgan fingerprint density at radius 3 is 2.44 bits per heavy atom. The summed E-state index contributed by atoms with van der Waals surface area (Å²) in [5, 5.41) is 8.72. The highest BCUT2D eigenvalue weighted by molar-refractivity contribution is 8.16. The number of H-pyrrole nitrogens is 2. The lowest BCUT2D eigenvalue weighted by Gasteiger charge is -2.35. The number of anilines is 1. The van der Waals surface area contributed by atoms with Crippen LogP contribution in [0, 0.1) is 5.92 Å². The summed E-state index contributed by atoms with van der Waals surface area (Å²) in [6, 6.07) is 19.0. The molecule has 0 bridgehead atoms. The molecule has 158 valence electrons. The van der Waals surface area contributed by atoms with Gasteiger partial charge in [-0.05, 0) is 30.0 Å². The molecule has 2 atom stereocenters. The number of benzene rings is 2. The van der Waals surface area contributed by atoms with Crippen molar-refractivity contribution in [2.75, 3.05) is 5.01 Å². The molecule has 6 rings (SSSR count). The van der Waals surface area contributed by atoms with Crippen molar-refractivity contribution in [3.63, 3.8) is 0 Å². The number of aliphatic imine (C=N–C) groups is 1. The van der Waals surface area contributed by atoms with Crippen molar-refractivity contribution in [3.05, 3.63) is 93.5 Å². The molecule has 0 aliphatic carbocycles. The third-order valence-corrected chi connectivity index (χ3v) is 6.64. The number of fused-ring (bicyclic) bond motifs is 2. The van der Waals surface area contributed by atoms with Crippen LogP contribution in [0.25, 0.3) is 0 Å². The summed E-state index contributed by atoms with van der Waals surface area (Å²) in [5.74, 6) is -0.123. The SMILES string of the molecule is CC1=NN(c2ccccc2)C(=O)C1C1=CSC2=Nc3[nH]c(=O)[nH]c3C(c3ccccc3)N12. The summed E-state index contributed by atoms with van der Waals surface area (Å²) in [6.45, 7) is 1.87. The molecule has 1 amide bonds. The van der Waals surface area contributed by atoms with Crippen molar-refractivity contribution < 1.29 is 4.79 Å². The van der Waals surface area contributed by atoms with E-state index in [1.165, 1.54) is 16.8 Å². The van der Waals surface area contributed by atoms with E-state index in [9.17, 15) is 9.59 Å². The Morgan fingerprint density at radius 1 is 0.969 bits per heavy atom. The summed E-state index contributed by atoms with van der Waals surface area (Å²) in [7, 11) is 0. The normalized spacial score (nSPS) is 21.8. The quantitative estimate of drug-likeness (QED) is 0.646. The van der Waals surface area contributed by atoms with E-state index in [0.717, 1.165) is 22.1 Å². The van der Waals surface area contributed by atoms with Crippen molar-refractivity contribution >= 4 is 40.1 Å². The monoisotopic (exact) mass is 442 g/mol. The van der Waals surface area contributed by atoms with E-state index in [-0.39, 0.29) is 17.6 Å². The molecule has 1 aromatic heterocycles. The molecule has 0 spiro atoms. The number of para-hydroxylation sites is 1. The van der Waals surface area contributed by atoms with E-state index < -0.39 is 5.92 Å². The Labute approximate surface area is 187 Å². The number of rotatable bonds is 3. The van der Waals surface area contributed by atoms with Crippen LogP contribution in [0.4, 0.5) is 11.5 Å². The standard InChI is InChI=1S/C23H18N6O2S/c1-13-17(21(30)29(27-13)15-10-6-3-7-11-15)16-12-32-23-26-20-18(24-22(31)25-20)19(28(16)23)14-8-4-2-5-9-14/h2-12,17,19H,1H3,(H2,24,25,31). The zero-order chi connectivity index (χ0) is 21.8. The number of aromatic amines is 2. The van der Waals surface area contributed by atoms with Crippen LogP contribution in [0.3, 0.4) is 0 Å². The first-order chi connectivity index (χ1) is 15.6. The van der Waals surface area contributed by atoms with Gasteiger partial charge in [-0.15, -0.1) is 0 Å². The summed E-state index contributed by atoms with van der Waals surface area (Å²) in [5.41, 5.74) is 3.62. The zero-order valence-electron chi connectivity index (χ0n) is 17.0. The molecular formula is C23H18N6O2S. The number of nitrogens with one attached hydrogen (secondary N) is 2. The lowest BCUT2D eigenvalue weighted by molar-refractivity contribution is -0.119. The van der Waals surface area contributed by atoms with Gasteiger partial charge in [-0.1, -0.05) is 60.3 Å². The van der Waals surface area contributed by atoms with Gasteiger partial charge in [-0.2, -0.15) is 10.1 Å². The fourth-order valence-electron chi connectivity index (χ4n) is 4.39. The predicted octanol–water partition coefficient (Wildman–Crippen LogP) is 3.72. The molecule has 2 aromatic carbocycles. The van der Waals surface area contributed by atoms with E-state index in [4.69, 9.17) is 0 Å². The number of hydrogen-bond acceptors (Lipinski definition) is 6. The Balaban J connectivity index is 1.44. The smallest absolute Gasteiger partial charge is 0.309 e. The number of thioether (sulfide) groups is 1. The number of amidine groups is 1. The van der Waals surface area contributed by atoms with Gasteiger partial charge < -0.3 is 9.88 Å². The second-order valence-electron chi connectivity index (χ2n) is 7.74. The molecule has 0 saturated carbocycles. The summed E-state index contributed by atoms with van der Waals surface area (Å²) < 4.78 is 0. The van der Waals surface area contributed by atoms with E-state index in [1.807, 2.05) is 77.9 Å². The molecule has 0 saturated heterocycles. The van der Waals surface area contributed by atoms with Gasteiger partial charge in [0.1, 0.15) is 12.0 Å². The summed E-state index contributed by atoms with van der Waals surface area (Å²) >= 11 is 1.45. The van der Waals surface area contributed by atoms with Crippen LogP contribution in [-0.2, 0) is 4.79 Å². The van der Waals surface area contributed by atoms with Crippen molar-refractivity contribution in [2.45, 2.75) is 13.0 Å². The largest absolute Gasteiger partial charge is 0.324 e. The molecule has 3 aliphatic rings. The van der Waals surface area contributed by atoms with E-state index in [0.29, 0.717) is 17.2 Å². The minimum atomic E-state index is -0.533. The highest BCUT2D eigenvalue weighted by atomic mass is 32.2. The van der Waals surface area contributed by atoms with Crippen molar-refractivity contribution in [3.8, 4) is 0 Å². The van der Waals surface area contributed by atoms with Gasteiger partial charge in [0.05, 0.1) is 17.1 Å². The number of carbonyl (C=O) groups is 1. The minimum absolute atomic E-state index is 0.109. The lowest BCUT2D eigenvalue weighted by atomic mass is 9.95. The highest BCUT2D eigenvalue weighted by Gasteiger charge is 2.46. The Bertz CT molecular complexity index is 1370. The van der Waals surface area contributed by atoms with Crippen molar-refractivity contribution in [1.29, 1.82) is 0 Å². The zero-order valence-corrected chi connectivity index (χ0v) is 17.8. The minimum Gasteiger partial charge on any atom is -0.309 e. The summed E-state index contributed by atoms with van der Waals surface area (Å²) in [6.07, 6.45) is 0. The van der Waals surface area contributed by atoms with Gasteiger partial charge in [0.15, 0.2) is 11.0 Å². The summed E-state index contributed by atoms with van der Waals surface area (Å²) in [4.78, 5) is 38.0. The number of hydrazone groups is 1. The third-order valence-electron chi connectivity index (χ3n) is 5.79. The average Bonchev–Trinajstić information content (AvgIpc) is 3.47. The highest BCUT2D eigenvalue weighted by Crippen LogP contribution is 2.47. The molecule has 2 N–H and O–H groups in total. The maximum atomic E-state index is 13.5. The van der Waals surface area contributed by atoms with Crippen LogP contribution in [0.15, 0.2) is 86.7 Å². The molecule has 4 heterocycles. The van der Waals surface area contributed by atoms with Crippen LogP contribution in [-0.4, -0.2) is 31.7 Å². The van der Waals surface area contributed by atoms with E-state index >= 15 is 0 Å². The van der Waals surface area contributed by atoms with Crippen LogP contribution in [0.5, 0.6) is 0 Å². The number of nitrogens with zero attached hydrogens (tertiary/aromatic N) is 4. The van der Waals surface area contributed by atoms with Gasteiger partial charge >= 0.3 is 5.69 Å².